The van der Waals surface area contributed by atoms with Crippen LogP contribution in [0, 0.1) is 0 Å². The Morgan fingerprint density at radius 1 is 1.12 bits per heavy atom. The maximum Gasteiger partial charge on any atom is 0.189 e. The minimum atomic E-state index is -0.292. The largest absolute Gasteiger partial charge is 0.507 e. The SMILES string of the molecule is CCOCOc1ccc(C(=O)/C=C/c2ccc(OC)cc2)c(O)c1. The van der Waals surface area contributed by atoms with E-state index in [0.717, 1.165) is 11.3 Å². The molecule has 126 valence electrons. The zero-order valence-electron chi connectivity index (χ0n) is 13.7. The Balaban J connectivity index is 2.04. The number of ketones is 1. The van der Waals surface area contributed by atoms with Crippen molar-refractivity contribution >= 4 is 11.9 Å². The third kappa shape index (κ3) is 4.86. The van der Waals surface area contributed by atoms with Crippen LogP contribution in [0.15, 0.2) is 48.5 Å². The maximum atomic E-state index is 12.2. The maximum absolute atomic E-state index is 12.2. The normalized spacial score (nSPS) is 10.8. The molecule has 0 aromatic heterocycles. The number of benzene rings is 2. The molecule has 0 spiro atoms. The molecule has 2 rings (SSSR count). The molecule has 1 N–H and O–H groups in total. The van der Waals surface area contributed by atoms with Gasteiger partial charge >= 0.3 is 0 Å². The van der Waals surface area contributed by atoms with E-state index in [2.05, 4.69) is 0 Å². The fourth-order valence-corrected chi connectivity index (χ4v) is 1.98. The van der Waals surface area contributed by atoms with Gasteiger partial charge in [0.15, 0.2) is 12.6 Å². The van der Waals surface area contributed by atoms with Crippen LogP contribution in [0.3, 0.4) is 0 Å². The van der Waals surface area contributed by atoms with Crippen molar-refractivity contribution in [1.29, 1.82) is 0 Å². The van der Waals surface area contributed by atoms with Crippen LogP contribution in [0.4, 0.5) is 0 Å². The molecule has 0 amide bonds. The van der Waals surface area contributed by atoms with E-state index in [1.807, 2.05) is 31.2 Å². The summed E-state index contributed by atoms with van der Waals surface area (Å²) in [5, 5.41) is 9.99. The van der Waals surface area contributed by atoms with Gasteiger partial charge in [0.2, 0.25) is 0 Å². The third-order valence-corrected chi connectivity index (χ3v) is 3.29. The molecule has 0 unspecified atom stereocenters. The highest BCUT2D eigenvalue weighted by atomic mass is 16.7. The van der Waals surface area contributed by atoms with Gasteiger partial charge in [-0.05, 0) is 42.8 Å². The highest BCUT2D eigenvalue weighted by Crippen LogP contribution is 2.24. The second-order valence-electron chi connectivity index (χ2n) is 4.90. The van der Waals surface area contributed by atoms with Gasteiger partial charge in [0.25, 0.3) is 0 Å². The number of rotatable bonds is 8. The first-order valence-corrected chi connectivity index (χ1v) is 7.54. The summed E-state index contributed by atoms with van der Waals surface area (Å²) in [6.45, 7) is 2.50. The Bertz CT molecular complexity index is 704. The molecular formula is C19H20O5. The van der Waals surface area contributed by atoms with Gasteiger partial charge in [-0.25, -0.2) is 0 Å². The van der Waals surface area contributed by atoms with Crippen molar-refractivity contribution in [3.05, 3.63) is 59.7 Å². The van der Waals surface area contributed by atoms with Crippen LogP contribution in [0.2, 0.25) is 0 Å². The second kappa shape index (κ2) is 8.74. The topological polar surface area (TPSA) is 65.0 Å². The molecule has 0 radical (unpaired) electrons. The summed E-state index contributed by atoms with van der Waals surface area (Å²) < 4.78 is 15.4. The number of carbonyl (C=O) groups is 1. The van der Waals surface area contributed by atoms with Gasteiger partial charge in [0.05, 0.1) is 12.7 Å². The van der Waals surface area contributed by atoms with E-state index in [0.29, 0.717) is 12.4 Å². The monoisotopic (exact) mass is 328 g/mol. The molecule has 2 aromatic rings. The van der Waals surface area contributed by atoms with Crippen LogP contribution in [0.1, 0.15) is 22.8 Å². The smallest absolute Gasteiger partial charge is 0.189 e. The first-order chi connectivity index (χ1) is 11.6. The van der Waals surface area contributed by atoms with Crippen LogP contribution in [-0.2, 0) is 4.74 Å². The van der Waals surface area contributed by atoms with Crippen LogP contribution in [0.5, 0.6) is 17.2 Å². The van der Waals surface area contributed by atoms with Crippen molar-refractivity contribution in [1.82, 2.24) is 0 Å². The van der Waals surface area contributed by atoms with E-state index in [4.69, 9.17) is 14.2 Å². The van der Waals surface area contributed by atoms with Gasteiger partial charge in [0.1, 0.15) is 17.2 Å². The van der Waals surface area contributed by atoms with Gasteiger partial charge in [-0.1, -0.05) is 18.2 Å². The molecule has 0 saturated heterocycles. The Morgan fingerprint density at radius 2 is 1.83 bits per heavy atom. The Kier molecular flexibility index (Phi) is 6.40. The highest BCUT2D eigenvalue weighted by molar-refractivity contribution is 6.08. The van der Waals surface area contributed by atoms with E-state index in [1.54, 1.807) is 19.3 Å². The molecule has 0 fully saturated rings. The summed E-state index contributed by atoms with van der Waals surface area (Å²) in [6, 6.07) is 11.8. The molecule has 0 aliphatic rings. The summed E-state index contributed by atoms with van der Waals surface area (Å²) in [7, 11) is 1.60. The molecule has 0 bridgehead atoms. The number of phenolic OH excluding ortho intramolecular Hbond substituents is 1. The number of carbonyl (C=O) groups excluding carboxylic acids is 1. The zero-order valence-corrected chi connectivity index (χ0v) is 13.7. The fourth-order valence-electron chi connectivity index (χ4n) is 1.98. The predicted octanol–water partition coefficient (Wildman–Crippen LogP) is 3.67. The second-order valence-corrected chi connectivity index (χ2v) is 4.90. The van der Waals surface area contributed by atoms with E-state index in [-0.39, 0.29) is 23.9 Å². The van der Waals surface area contributed by atoms with Crippen molar-refractivity contribution in [3.8, 4) is 17.2 Å². The van der Waals surface area contributed by atoms with Crippen LogP contribution in [0.25, 0.3) is 6.08 Å². The van der Waals surface area contributed by atoms with Gasteiger partial charge in [0, 0.05) is 12.7 Å². The van der Waals surface area contributed by atoms with E-state index < -0.39 is 0 Å². The van der Waals surface area contributed by atoms with Crippen molar-refractivity contribution in [3.63, 3.8) is 0 Å². The average molecular weight is 328 g/mol. The molecule has 0 atom stereocenters. The summed E-state index contributed by atoms with van der Waals surface area (Å²) in [4.78, 5) is 12.2. The molecule has 0 heterocycles. The van der Waals surface area contributed by atoms with Gasteiger partial charge in [-0.3, -0.25) is 4.79 Å². The van der Waals surface area contributed by atoms with E-state index >= 15 is 0 Å². The van der Waals surface area contributed by atoms with Gasteiger partial charge in [-0.15, -0.1) is 0 Å². The quantitative estimate of drug-likeness (QED) is 0.347. The lowest BCUT2D eigenvalue weighted by Crippen LogP contribution is -2.02. The van der Waals surface area contributed by atoms with Crippen molar-refractivity contribution in [2.75, 3.05) is 20.5 Å². The van der Waals surface area contributed by atoms with Crippen LogP contribution >= 0.6 is 0 Å². The van der Waals surface area contributed by atoms with Crippen LogP contribution < -0.4 is 9.47 Å². The lowest BCUT2D eigenvalue weighted by Gasteiger charge is -2.07. The summed E-state index contributed by atoms with van der Waals surface area (Å²) in [5.74, 6) is 0.767. The standard InChI is InChI=1S/C19H20O5/c1-3-23-13-24-16-9-10-17(19(21)12-16)18(20)11-6-14-4-7-15(22-2)8-5-14/h4-12,21H,3,13H2,1-2H3/b11-6+. The Labute approximate surface area is 141 Å². The molecule has 0 aliphatic carbocycles. The number of ether oxygens (including phenoxy) is 3. The predicted molar refractivity (Wildman–Crippen MR) is 91.6 cm³/mol. The molecule has 24 heavy (non-hydrogen) atoms. The third-order valence-electron chi connectivity index (χ3n) is 3.29. The highest BCUT2D eigenvalue weighted by Gasteiger charge is 2.09. The number of hydrogen-bond donors (Lipinski definition) is 1. The number of methoxy groups -OCH3 is 1. The molecule has 5 heteroatoms. The van der Waals surface area contributed by atoms with E-state index in [1.165, 1.54) is 18.2 Å². The lowest BCUT2D eigenvalue weighted by molar-refractivity contribution is 0.0223. The molecule has 0 aliphatic heterocycles. The van der Waals surface area contributed by atoms with Crippen molar-refractivity contribution in [2.24, 2.45) is 0 Å². The minimum absolute atomic E-state index is 0.0978. The molecule has 2 aromatic carbocycles. The Morgan fingerprint density at radius 3 is 2.46 bits per heavy atom. The molecule has 0 saturated carbocycles. The van der Waals surface area contributed by atoms with Gasteiger partial charge in [-0.2, -0.15) is 0 Å². The van der Waals surface area contributed by atoms with Gasteiger partial charge < -0.3 is 19.3 Å². The number of phenols is 1. The summed E-state index contributed by atoms with van der Waals surface area (Å²) in [6.07, 6.45) is 3.10. The summed E-state index contributed by atoms with van der Waals surface area (Å²) in [5.41, 5.74) is 1.07. The zero-order chi connectivity index (χ0) is 17.4. The van der Waals surface area contributed by atoms with E-state index in [9.17, 15) is 9.90 Å². The minimum Gasteiger partial charge on any atom is -0.507 e. The first kappa shape index (κ1) is 17.6. The average Bonchev–Trinajstić information content (AvgIpc) is 2.60. The number of hydrogen-bond acceptors (Lipinski definition) is 5. The number of aromatic hydroxyl groups is 1. The van der Waals surface area contributed by atoms with Crippen molar-refractivity contribution in [2.45, 2.75) is 6.92 Å². The molecular weight excluding hydrogens is 308 g/mol. The lowest BCUT2D eigenvalue weighted by atomic mass is 10.1. The molecule has 5 nitrogen and oxygen atoms in total. The van der Waals surface area contributed by atoms with Crippen LogP contribution in [-0.4, -0.2) is 31.4 Å². The number of allylic oxidation sites excluding steroid dienone is 1. The van der Waals surface area contributed by atoms with Crippen molar-refractivity contribution < 1.29 is 24.1 Å². The fraction of sp³-hybridized carbons (Fsp3) is 0.211. The Hall–Kier alpha value is -2.79. The first-order valence-electron chi connectivity index (χ1n) is 7.54. The summed E-state index contributed by atoms with van der Waals surface area (Å²) >= 11 is 0.